The van der Waals surface area contributed by atoms with E-state index in [4.69, 9.17) is 0 Å². The summed E-state index contributed by atoms with van der Waals surface area (Å²) < 4.78 is 43.9. The third-order valence-electron chi connectivity index (χ3n) is 5.73. The maximum atomic E-state index is 13.7. The number of hydrogen-bond donors (Lipinski definition) is 2. The van der Waals surface area contributed by atoms with Crippen LogP contribution in [0.3, 0.4) is 0 Å². The van der Waals surface area contributed by atoms with E-state index in [1.807, 2.05) is 0 Å². The van der Waals surface area contributed by atoms with Crippen molar-refractivity contribution in [3.8, 4) is 16.9 Å². The van der Waals surface area contributed by atoms with Gasteiger partial charge >= 0.3 is 12.1 Å². The van der Waals surface area contributed by atoms with Crippen molar-refractivity contribution < 1.29 is 27.9 Å². The summed E-state index contributed by atoms with van der Waals surface area (Å²) in [4.78, 5) is 24.9. The molecule has 0 unspecified atom stereocenters. The van der Waals surface area contributed by atoms with Crippen LogP contribution in [-0.2, 0) is 13.2 Å². The van der Waals surface area contributed by atoms with E-state index < -0.39 is 23.6 Å². The van der Waals surface area contributed by atoms with Crippen LogP contribution in [0.15, 0.2) is 79.0 Å². The molecule has 0 radical (unpaired) electrons. The summed E-state index contributed by atoms with van der Waals surface area (Å²) in [7, 11) is 1.58. The summed E-state index contributed by atoms with van der Waals surface area (Å²) >= 11 is 0. The lowest BCUT2D eigenvalue weighted by Crippen LogP contribution is -2.16. The standard InChI is InChI=1S/C26H18F3N5O3/c1-33-12-11-22(31-33)18-13-15(7-9-20(18)26(27,28)29)24(35)30-23-19-14-16(25(36)37)8-10-21(19)32-34(23)17-5-3-2-4-6-17/h2-14H,1H3,(H,30,35)(H,36,37). The highest BCUT2D eigenvalue weighted by Crippen LogP contribution is 2.37. The Hall–Kier alpha value is -4.93. The minimum Gasteiger partial charge on any atom is -0.478 e. The number of carboxylic acids is 1. The molecule has 37 heavy (non-hydrogen) atoms. The summed E-state index contributed by atoms with van der Waals surface area (Å²) in [6.45, 7) is 0. The maximum absolute atomic E-state index is 13.7. The van der Waals surface area contributed by atoms with Gasteiger partial charge in [-0.2, -0.15) is 23.4 Å². The van der Waals surface area contributed by atoms with E-state index in [0.717, 1.165) is 18.2 Å². The molecule has 5 rings (SSSR count). The van der Waals surface area contributed by atoms with Crippen molar-refractivity contribution in [3.05, 3.63) is 95.7 Å². The first-order chi connectivity index (χ1) is 17.6. The number of aryl methyl sites for hydroxylation is 1. The van der Waals surface area contributed by atoms with E-state index in [1.54, 1.807) is 37.4 Å². The second-order valence-corrected chi connectivity index (χ2v) is 8.22. The molecule has 0 bridgehead atoms. The van der Waals surface area contributed by atoms with E-state index in [-0.39, 0.29) is 28.2 Å². The van der Waals surface area contributed by atoms with E-state index in [2.05, 4.69) is 15.5 Å². The zero-order chi connectivity index (χ0) is 26.3. The number of aromatic carboxylic acids is 1. The molecular weight excluding hydrogens is 487 g/mol. The molecule has 0 aliphatic rings. The molecule has 2 aromatic heterocycles. The third-order valence-corrected chi connectivity index (χ3v) is 5.73. The Morgan fingerprint density at radius 3 is 2.30 bits per heavy atom. The molecule has 3 aromatic carbocycles. The predicted octanol–water partition coefficient (Wildman–Crippen LogP) is 5.40. The van der Waals surface area contributed by atoms with Crippen molar-refractivity contribution in [1.82, 2.24) is 19.6 Å². The Bertz CT molecular complexity index is 1660. The van der Waals surface area contributed by atoms with Gasteiger partial charge in [0.25, 0.3) is 5.91 Å². The Morgan fingerprint density at radius 1 is 0.919 bits per heavy atom. The minimum absolute atomic E-state index is 0.0115. The first-order valence-corrected chi connectivity index (χ1v) is 11.0. The van der Waals surface area contributed by atoms with E-state index in [0.29, 0.717) is 16.6 Å². The fraction of sp³-hybridized carbons (Fsp3) is 0.0769. The Kier molecular flexibility index (Phi) is 5.75. The van der Waals surface area contributed by atoms with E-state index >= 15 is 0 Å². The number of hydrogen-bond acceptors (Lipinski definition) is 4. The second-order valence-electron chi connectivity index (χ2n) is 8.22. The predicted molar refractivity (Wildman–Crippen MR) is 130 cm³/mol. The van der Waals surface area contributed by atoms with Gasteiger partial charge in [0.2, 0.25) is 0 Å². The number of para-hydroxylation sites is 1. The summed E-state index contributed by atoms with van der Waals surface area (Å²) in [5.74, 6) is -1.69. The highest BCUT2D eigenvalue weighted by atomic mass is 19.4. The van der Waals surface area contributed by atoms with Gasteiger partial charge in [-0.3, -0.25) is 9.48 Å². The number of carboxylic acid groups (broad SMARTS) is 1. The molecule has 2 N–H and O–H groups in total. The summed E-state index contributed by atoms with van der Waals surface area (Å²) in [5, 5.41) is 21.1. The zero-order valence-corrected chi connectivity index (χ0v) is 19.2. The van der Waals surface area contributed by atoms with Crippen molar-refractivity contribution in [2.24, 2.45) is 7.05 Å². The van der Waals surface area contributed by atoms with Crippen molar-refractivity contribution in [1.29, 1.82) is 0 Å². The lowest BCUT2D eigenvalue weighted by atomic mass is 10.0. The van der Waals surface area contributed by atoms with Crippen LogP contribution in [0.5, 0.6) is 0 Å². The Labute approximate surface area is 207 Å². The Morgan fingerprint density at radius 2 is 1.65 bits per heavy atom. The average Bonchev–Trinajstić information content (AvgIpc) is 3.47. The number of carbonyl (C=O) groups excluding carboxylic acids is 1. The van der Waals surface area contributed by atoms with Crippen LogP contribution in [0.2, 0.25) is 0 Å². The quantitative estimate of drug-likeness (QED) is 0.333. The fourth-order valence-electron chi connectivity index (χ4n) is 3.98. The molecule has 0 atom stereocenters. The number of aromatic nitrogens is 4. The number of nitrogens with zero attached hydrogens (tertiary/aromatic N) is 4. The number of anilines is 1. The molecule has 0 saturated heterocycles. The number of amides is 1. The third kappa shape index (κ3) is 4.54. The van der Waals surface area contributed by atoms with Crippen LogP contribution in [0, 0.1) is 0 Å². The molecule has 5 aromatic rings. The van der Waals surface area contributed by atoms with Gasteiger partial charge in [0, 0.05) is 29.8 Å². The normalized spacial score (nSPS) is 11.6. The highest BCUT2D eigenvalue weighted by molar-refractivity contribution is 6.09. The van der Waals surface area contributed by atoms with E-state index in [1.165, 1.54) is 39.8 Å². The fourth-order valence-corrected chi connectivity index (χ4v) is 3.98. The molecule has 0 spiro atoms. The maximum Gasteiger partial charge on any atom is 0.417 e. The average molecular weight is 505 g/mol. The van der Waals surface area contributed by atoms with E-state index in [9.17, 15) is 27.9 Å². The highest BCUT2D eigenvalue weighted by Gasteiger charge is 2.34. The summed E-state index contributed by atoms with van der Waals surface area (Å²) in [6.07, 6.45) is -3.15. The van der Waals surface area contributed by atoms with Crippen LogP contribution in [0.1, 0.15) is 26.3 Å². The largest absolute Gasteiger partial charge is 0.478 e. The molecular formula is C26H18F3N5O3. The lowest BCUT2D eigenvalue weighted by Gasteiger charge is -2.14. The SMILES string of the molecule is Cn1ccc(-c2cc(C(=O)Nc3c4cc(C(=O)O)ccc4nn3-c3ccccc3)ccc2C(F)(F)F)n1. The van der Waals surface area contributed by atoms with Crippen molar-refractivity contribution in [2.75, 3.05) is 5.32 Å². The van der Waals surface area contributed by atoms with Gasteiger partial charge in [0.1, 0.15) is 5.82 Å². The van der Waals surface area contributed by atoms with Crippen molar-refractivity contribution in [2.45, 2.75) is 6.18 Å². The van der Waals surface area contributed by atoms with Gasteiger partial charge in [-0.15, -0.1) is 0 Å². The zero-order valence-electron chi connectivity index (χ0n) is 19.2. The van der Waals surface area contributed by atoms with Gasteiger partial charge in [-0.1, -0.05) is 18.2 Å². The number of nitrogens with one attached hydrogen (secondary N) is 1. The van der Waals surface area contributed by atoms with Gasteiger partial charge in [0.15, 0.2) is 0 Å². The molecule has 0 aliphatic heterocycles. The van der Waals surface area contributed by atoms with Crippen LogP contribution in [0.4, 0.5) is 19.0 Å². The number of halogens is 3. The monoisotopic (exact) mass is 505 g/mol. The summed E-state index contributed by atoms with van der Waals surface area (Å²) in [6, 6.07) is 17.6. The van der Waals surface area contributed by atoms with Crippen LogP contribution >= 0.6 is 0 Å². The first kappa shape index (κ1) is 23.8. The second kappa shape index (κ2) is 8.94. The minimum atomic E-state index is -4.66. The van der Waals surface area contributed by atoms with Crippen molar-refractivity contribution in [3.63, 3.8) is 0 Å². The number of fused-ring (bicyclic) bond motifs is 1. The molecule has 2 heterocycles. The number of carbonyl (C=O) groups is 2. The number of benzene rings is 3. The molecule has 0 saturated carbocycles. The Balaban J connectivity index is 1.62. The van der Waals surface area contributed by atoms with Gasteiger partial charge in [-0.25, -0.2) is 9.48 Å². The molecule has 1 amide bonds. The van der Waals surface area contributed by atoms with Crippen LogP contribution in [-0.4, -0.2) is 36.5 Å². The molecule has 0 aliphatic carbocycles. The molecule has 8 nitrogen and oxygen atoms in total. The van der Waals surface area contributed by atoms with Crippen molar-refractivity contribution >= 4 is 28.6 Å². The molecule has 0 fully saturated rings. The summed E-state index contributed by atoms with van der Waals surface area (Å²) in [5.41, 5.74) is -0.142. The van der Waals surface area contributed by atoms with Crippen LogP contribution < -0.4 is 5.32 Å². The number of alkyl halides is 3. The smallest absolute Gasteiger partial charge is 0.417 e. The lowest BCUT2D eigenvalue weighted by molar-refractivity contribution is -0.137. The molecule has 186 valence electrons. The van der Waals surface area contributed by atoms with Crippen LogP contribution in [0.25, 0.3) is 27.8 Å². The van der Waals surface area contributed by atoms with Gasteiger partial charge in [0.05, 0.1) is 28.0 Å². The van der Waals surface area contributed by atoms with Gasteiger partial charge in [-0.05, 0) is 54.6 Å². The topological polar surface area (TPSA) is 102 Å². The first-order valence-electron chi connectivity index (χ1n) is 11.0. The van der Waals surface area contributed by atoms with Gasteiger partial charge < -0.3 is 10.4 Å². The molecule has 11 heteroatoms. The number of rotatable bonds is 5.